The quantitative estimate of drug-likeness (QED) is 0.875. The molecule has 1 amide bonds. The molecule has 0 radical (unpaired) electrons. The van der Waals surface area contributed by atoms with Gasteiger partial charge in [-0.1, -0.05) is 6.07 Å². The summed E-state index contributed by atoms with van der Waals surface area (Å²) in [6.45, 7) is 3.38. The molecular formula is C13H18N2O2S. The summed E-state index contributed by atoms with van der Waals surface area (Å²) in [4.78, 5) is 12.2. The average Bonchev–Trinajstić information content (AvgIpc) is 2.38. The lowest BCUT2D eigenvalue weighted by Gasteiger charge is -2.22. The molecule has 1 heterocycles. The van der Waals surface area contributed by atoms with Gasteiger partial charge < -0.3 is 15.4 Å². The van der Waals surface area contributed by atoms with Crippen LogP contribution in [0.3, 0.4) is 0 Å². The van der Waals surface area contributed by atoms with Gasteiger partial charge in [0.2, 0.25) is 0 Å². The Hall–Kier alpha value is -1.36. The van der Waals surface area contributed by atoms with Gasteiger partial charge in [0, 0.05) is 18.3 Å². The van der Waals surface area contributed by atoms with Crippen LogP contribution in [0.15, 0.2) is 18.2 Å². The van der Waals surface area contributed by atoms with Crippen molar-refractivity contribution in [2.45, 2.75) is 13.0 Å². The van der Waals surface area contributed by atoms with E-state index in [1.165, 1.54) is 0 Å². The summed E-state index contributed by atoms with van der Waals surface area (Å²) in [5.74, 6) is 1.49. The second-order valence-corrected chi connectivity index (χ2v) is 5.20. The molecule has 2 rings (SSSR count). The maximum atomic E-state index is 12.2. The smallest absolute Gasteiger partial charge is 0.255 e. The highest BCUT2D eigenvalue weighted by Crippen LogP contribution is 2.31. The number of ether oxygens (including phenoxy) is 1. The molecule has 18 heavy (non-hydrogen) atoms. The molecule has 1 atom stereocenters. The van der Waals surface area contributed by atoms with Crippen LogP contribution in [0.1, 0.15) is 17.3 Å². The van der Waals surface area contributed by atoms with Crippen LogP contribution in [0.4, 0.5) is 5.69 Å². The van der Waals surface area contributed by atoms with Crippen molar-refractivity contribution < 1.29 is 9.53 Å². The summed E-state index contributed by atoms with van der Waals surface area (Å²) in [7, 11) is 0. The Balaban J connectivity index is 2.15. The van der Waals surface area contributed by atoms with E-state index in [1.807, 2.05) is 25.3 Å². The molecule has 1 aliphatic rings. The number of carbonyl (C=O) groups is 1. The van der Waals surface area contributed by atoms with Gasteiger partial charge in [0.05, 0.1) is 11.3 Å². The van der Waals surface area contributed by atoms with Crippen molar-refractivity contribution in [1.29, 1.82) is 0 Å². The Morgan fingerprint density at radius 1 is 1.61 bits per heavy atom. The predicted molar refractivity (Wildman–Crippen MR) is 75.7 cm³/mol. The highest BCUT2D eigenvalue weighted by Gasteiger charge is 2.19. The van der Waals surface area contributed by atoms with E-state index >= 15 is 0 Å². The number of benzene rings is 1. The van der Waals surface area contributed by atoms with Crippen molar-refractivity contribution in [3.8, 4) is 5.75 Å². The third-order valence-corrected chi connectivity index (χ3v) is 3.55. The monoisotopic (exact) mass is 266 g/mol. The number of thioether (sulfide) groups is 1. The highest BCUT2D eigenvalue weighted by atomic mass is 32.2. The first-order chi connectivity index (χ1) is 8.72. The fourth-order valence-electron chi connectivity index (χ4n) is 1.94. The second-order valence-electron chi connectivity index (χ2n) is 4.29. The Kier molecular flexibility index (Phi) is 4.36. The lowest BCUT2D eigenvalue weighted by Crippen LogP contribution is -2.35. The van der Waals surface area contributed by atoms with Crippen LogP contribution >= 0.6 is 11.8 Å². The second kappa shape index (κ2) is 6.00. The minimum absolute atomic E-state index is 0.0721. The Morgan fingerprint density at radius 3 is 3.22 bits per heavy atom. The topological polar surface area (TPSA) is 50.4 Å². The van der Waals surface area contributed by atoms with E-state index in [4.69, 9.17) is 4.74 Å². The lowest BCUT2D eigenvalue weighted by atomic mass is 10.1. The van der Waals surface area contributed by atoms with Gasteiger partial charge in [-0.3, -0.25) is 4.79 Å². The van der Waals surface area contributed by atoms with E-state index < -0.39 is 0 Å². The molecule has 2 N–H and O–H groups in total. The number of rotatable bonds is 4. The number of fused-ring (bicyclic) bond motifs is 1. The van der Waals surface area contributed by atoms with Crippen LogP contribution in [0.5, 0.6) is 5.75 Å². The molecule has 98 valence electrons. The zero-order chi connectivity index (χ0) is 13.0. The summed E-state index contributed by atoms with van der Waals surface area (Å²) < 4.78 is 5.59. The minimum atomic E-state index is -0.0721. The molecule has 0 saturated heterocycles. The van der Waals surface area contributed by atoms with E-state index in [0.717, 1.165) is 18.0 Å². The standard InChI is InChI=1S/C13H18N2O2S/c1-9(8-18-2)15-13(16)10-4-3-5-11-12(10)17-7-6-14-11/h3-5,9,14H,6-8H2,1-2H3,(H,15,16). The third kappa shape index (κ3) is 2.90. The first kappa shape index (κ1) is 13.1. The molecule has 1 aliphatic heterocycles. The van der Waals surface area contributed by atoms with Gasteiger partial charge in [-0.25, -0.2) is 0 Å². The molecule has 4 nitrogen and oxygen atoms in total. The summed E-state index contributed by atoms with van der Waals surface area (Å²) >= 11 is 1.72. The van der Waals surface area contributed by atoms with E-state index in [9.17, 15) is 4.79 Å². The van der Waals surface area contributed by atoms with E-state index in [2.05, 4.69) is 10.6 Å². The number of hydrogen-bond donors (Lipinski definition) is 2. The largest absolute Gasteiger partial charge is 0.489 e. The fourth-order valence-corrected chi connectivity index (χ4v) is 2.53. The van der Waals surface area contributed by atoms with Crippen LogP contribution in [0.25, 0.3) is 0 Å². The van der Waals surface area contributed by atoms with Crippen molar-refractivity contribution in [3.63, 3.8) is 0 Å². The minimum Gasteiger partial charge on any atom is -0.489 e. The molecule has 5 heteroatoms. The number of nitrogens with one attached hydrogen (secondary N) is 2. The Bertz CT molecular complexity index is 437. The predicted octanol–water partition coefficient (Wildman–Crippen LogP) is 1.97. The fraction of sp³-hybridized carbons (Fsp3) is 0.462. The van der Waals surface area contributed by atoms with E-state index in [0.29, 0.717) is 17.9 Å². The highest BCUT2D eigenvalue weighted by molar-refractivity contribution is 7.98. The van der Waals surface area contributed by atoms with E-state index in [1.54, 1.807) is 17.8 Å². The zero-order valence-corrected chi connectivity index (χ0v) is 11.5. The van der Waals surface area contributed by atoms with Crippen molar-refractivity contribution >= 4 is 23.4 Å². The third-order valence-electron chi connectivity index (χ3n) is 2.72. The van der Waals surface area contributed by atoms with Crippen molar-refractivity contribution in [2.24, 2.45) is 0 Å². The van der Waals surface area contributed by atoms with Crippen LogP contribution in [0, 0.1) is 0 Å². The molecule has 1 aromatic rings. The number of amides is 1. The van der Waals surface area contributed by atoms with Gasteiger partial charge >= 0.3 is 0 Å². The summed E-state index contributed by atoms with van der Waals surface area (Å²) in [6.07, 6.45) is 2.03. The summed E-state index contributed by atoms with van der Waals surface area (Å²) in [5.41, 5.74) is 1.50. The van der Waals surface area contributed by atoms with Gasteiger partial charge in [0.1, 0.15) is 6.61 Å². The van der Waals surface area contributed by atoms with Crippen molar-refractivity contribution in [3.05, 3.63) is 23.8 Å². The number of hydrogen-bond acceptors (Lipinski definition) is 4. The molecule has 1 aromatic carbocycles. The molecule has 0 spiro atoms. The van der Waals surface area contributed by atoms with E-state index in [-0.39, 0.29) is 11.9 Å². The molecule has 0 bridgehead atoms. The SMILES string of the molecule is CSCC(C)NC(=O)c1cccc2c1OCCN2. The first-order valence-electron chi connectivity index (χ1n) is 6.02. The first-order valence-corrected chi connectivity index (χ1v) is 7.41. The summed E-state index contributed by atoms with van der Waals surface area (Å²) in [6, 6.07) is 5.75. The molecule has 0 saturated carbocycles. The molecule has 0 aromatic heterocycles. The number of anilines is 1. The van der Waals surface area contributed by atoms with Gasteiger partial charge in [-0.05, 0) is 25.3 Å². The van der Waals surface area contributed by atoms with Crippen LogP contribution < -0.4 is 15.4 Å². The van der Waals surface area contributed by atoms with Gasteiger partial charge in [0.15, 0.2) is 5.75 Å². The molecule has 1 unspecified atom stereocenters. The molecule has 0 aliphatic carbocycles. The maximum Gasteiger partial charge on any atom is 0.255 e. The number of para-hydroxylation sites is 1. The Labute approximate surface area is 111 Å². The van der Waals surface area contributed by atoms with Crippen molar-refractivity contribution in [2.75, 3.05) is 30.5 Å². The number of carbonyl (C=O) groups excluding carboxylic acids is 1. The average molecular weight is 266 g/mol. The van der Waals surface area contributed by atoms with Crippen LogP contribution in [0.2, 0.25) is 0 Å². The lowest BCUT2D eigenvalue weighted by molar-refractivity contribution is 0.0939. The van der Waals surface area contributed by atoms with Gasteiger partial charge in [-0.15, -0.1) is 0 Å². The van der Waals surface area contributed by atoms with Crippen LogP contribution in [-0.2, 0) is 0 Å². The zero-order valence-electron chi connectivity index (χ0n) is 10.7. The van der Waals surface area contributed by atoms with Gasteiger partial charge in [-0.2, -0.15) is 11.8 Å². The maximum absolute atomic E-state index is 12.2. The normalized spacial score (nSPS) is 15.0. The molecular weight excluding hydrogens is 248 g/mol. The Morgan fingerprint density at radius 2 is 2.44 bits per heavy atom. The molecule has 0 fully saturated rings. The van der Waals surface area contributed by atoms with Gasteiger partial charge in [0.25, 0.3) is 5.91 Å². The summed E-state index contributed by atoms with van der Waals surface area (Å²) in [5, 5.41) is 6.21. The van der Waals surface area contributed by atoms with Crippen LogP contribution in [-0.4, -0.2) is 37.1 Å². The van der Waals surface area contributed by atoms with Crippen molar-refractivity contribution in [1.82, 2.24) is 5.32 Å².